The van der Waals surface area contributed by atoms with Crippen LogP contribution in [0.4, 0.5) is 0 Å². The van der Waals surface area contributed by atoms with E-state index in [-0.39, 0.29) is 12.6 Å². The predicted octanol–water partition coefficient (Wildman–Crippen LogP) is 1.69. The van der Waals surface area contributed by atoms with Crippen molar-refractivity contribution >= 4 is 5.97 Å². The maximum atomic E-state index is 11.7. The van der Waals surface area contributed by atoms with Crippen LogP contribution in [0, 0.1) is 6.92 Å². The Hall–Kier alpha value is -1.91. The smallest absolute Gasteiger partial charge is 0.342 e. The van der Waals surface area contributed by atoms with Crippen LogP contribution in [0.25, 0.3) is 0 Å². The van der Waals surface area contributed by atoms with Crippen LogP contribution in [-0.2, 0) is 11.3 Å². The molecule has 0 aromatic heterocycles. The van der Waals surface area contributed by atoms with Crippen molar-refractivity contribution in [2.24, 2.45) is 0 Å². The third-order valence-corrected chi connectivity index (χ3v) is 2.90. The summed E-state index contributed by atoms with van der Waals surface area (Å²) in [6.45, 7) is 2.11. The van der Waals surface area contributed by atoms with Crippen LogP contribution in [0.15, 0.2) is 0 Å². The molecule has 0 atom stereocenters. The van der Waals surface area contributed by atoms with Gasteiger partial charge in [0, 0.05) is 11.1 Å². The number of rotatable bonds is 3. The standard InChI is InChI=1S/C12H14O5/c1-6-7-5-17-12(13)8(7)10(15-3)11(16-4)9(6)14-2/h5H2,1-4H3. The van der Waals surface area contributed by atoms with Crippen LogP contribution in [0.3, 0.4) is 0 Å². The second-order valence-electron chi connectivity index (χ2n) is 3.65. The van der Waals surface area contributed by atoms with Gasteiger partial charge in [0.1, 0.15) is 12.2 Å². The Balaban J connectivity index is 2.81. The van der Waals surface area contributed by atoms with Crippen molar-refractivity contribution in [3.63, 3.8) is 0 Å². The fourth-order valence-corrected chi connectivity index (χ4v) is 2.08. The fraction of sp³-hybridized carbons (Fsp3) is 0.417. The molecular weight excluding hydrogens is 224 g/mol. The van der Waals surface area contributed by atoms with Gasteiger partial charge in [-0.05, 0) is 6.92 Å². The third kappa shape index (κ3) is 1.50. The molecule has 17 heavy (non-hydrogen) atoms. The van der Waals surface area contributed by atoms with E-state index in [1.807, 2.05) is 6.92 Å². The van der Waals surface area contributed by atoms with E-state index in [1.54, 1.807) is 7.11 Å². The Morgan fingerprint density at radius 3 is 2.12 bits per heavy atom. The molecule has 0 radical (unpaired) electrons. The number of carbonyl (C=O) groups is 1. The first-order chi connectivity index (χ1) is 8.15. The maximum Gasteiger partial charge on any atom is 0.342 e. The number of hydrogen-bond donors (Lipinski definition) is 0. The van der Waals surface area contributed by atoms with E-state index in [9.17, 15) is 4.79 Å². The van der Waals surface area contributed by atoms with Gasteiger partial charge >= 0.3 is 5.97 Å². The highest BCUT2D eigenvalue weighted by atomic mass is 16.5. The first-order valence-electron chi connectivity index (χ1n) is 5.14. The molecule has 1 heterocycles. The second kappa shape index (κ2) is 4.16. The summed E-state index contributed by atoms with van der Waals surface area (Å²) in [6, 6.07) is 0. The van der Waals surface area contributed by atoms with Gasteiger partial charge in [-0.3, -0.25) is 0 Å². The summed E-state index contributed by atoms with van der Waals surface area (Å²) in [5.41, 5.74) is 2.07. The van der Waals surface area contributed by atoms with Gasteiger partial charge < -0.3 is 18.9 Å². The number of carbonyl (C=O) groups excluding carboxylic acids is 1. The Kier molecular flexibility index (Phi) is 2.83. The van der Waals surface area contributed by atoms with E-state index in [1.165, 1.54) is 14.2 Å². The second-order valence-corrected chi connectivity index (χ2v) is 3.65. The molecule has 0 saturated heterocycles. The number of benzene rings is 1. The zero-order valence-corrected chi connectivity index (χ0v) is 10.2. The summed E-state index contributed by atoms with van der Waals surface area (Å²) in [5.74, 6) is 0.972. The lowest BCUT2D eigenvalue weighted by atomic mass is 10.0. The zero-order chi connectivity index (χ0) is 12.6. The molecule has 0 spiro atoms. The first-order valence-corrected chi connectivity index (χ1v) is 5.14. The summed E-state index contributed by atoms with van der Waals surface area (Å²) in [4.78, 5) is 11.7. The number of esters is 1. The molecule has 92 valence electrons. The monoisotopic (exact) mass is 238 g/mol. The number of cyclic esters (lactones) is 1. The number of hydrogen-bond acceptors (Lipinski definition) is 5. The molecule has 0 aliphatic carbocycles. The number of fused-ring (bicyclic) bond motifs is 1. The highest BCUT2D eigenvalue weighted by molar-refractivity contribution is 5.98. The minimum Gasteiger partial charge on any atom is -0.492 e. The topological polar surface area (TPSA) is 54.0 Å². The van der Waals surface area contributed by atoms with Crippen LogP contribution in [0.5, 0.6) is 17.2 Å². The maximum absolute atomic E-state index is 11.7. The van der Waals surface area contributed by atoms with Crippen molar-refractivity contribution in [3.05, 3.63) is 16.7 Å². The average Bonchev–Trinajstić information content (AvgIpc) is 2.71. The lowest BCUT2D eigenvalue weighted by Gasteiger charge is -2.16. The molecule has 5 nitrogen and oxygen atoms in total. The van der Waals surface area contributed by atoms with E-state index in [4.69, 9.17) is 18.9 Å². The van der Waals surface area contributed by atoms with Crippen LogP contribution >= 0.6 is 0 Å². The minimum absolute atomic E-state index is 0.247. The third-order valence-electron chi connectivity index (χ3n) is 2.90. The van der Waals surface area contributed by atoms with Gasteiger partial charge in [-0.25, -0.2) is 4.79 Å². The van der Waals surface area contributed by atoms with Crippen molar-refractivity contribution in [3.8, 4) is 17.2 Å². The molecular formula is C12H14O5. The van der Waals surface area contributed by atoms with Crippen LogP contribution in [0.2, 0.25) is 0 Å². The van der Waals surface area contributed by atoms with Crippen molar-refractivity contribution in [1.29, 1.82) is 0 Å². The lowest BCUT2D eigenvalue weighted by Crippen LogP contribution is -2.04. The molecule has 1 aliphatic rings. The Morgan fingerprint density at radius 2 is 1.59 bits per heavy atom. The SMILES string of the molecule is COc1c(C)c2c(c(OC)c1OC)C(=O)OC2. The molecule has 0 N–H and O–H groups in total. The molecule has 1 aromatic carbocycles. The quantitative estimate of drug-likeness (QED) is 0.750. The van der Waals surface area contributed by atoms with Gasteiger partial charge in [0.15, 0.2) is 11.5 Å². The normalized spacial score (nSPS) is 13.1. The molecule has 0 unspecified atom stereocenters. The van der Waals surface area contributed by atoms with Gasteiger partial charge in [-0.1, -0.05) is 0 Å². The Labute approximate surface area is 99.2 Å². The summed E-state index contributed by atoms with van der Waals surface area (Å²) in [7, 11) is 4.54. The van der Waals surface area contributed by atoms with Gasteiger partial charge in [0.25, 0.3) is 0 Å². The van der Waals surface area contributed by atoms with Crippen molar-refractivity contribution in [1.82, 2.24) is 0 Å². The minimum atomic E-state index is -0.388. The van der Waals surface area contributed by atoms with Crippen LogP contribution in [-0.4, -0.2) is 27.3 Å². The van der Waals surface area contributed by atoms with Crippen LogP contribution < -0.4 is 14.2 Å². The highest BCUT2D eigenvalue weighted by Crippen LogP contribution is 2.47. The lowest BCUT2D eigenvalue weighted by molar-refractivity contribution is 0.0532. The van der Waals surface area contributed by atoms with Crippen molar-refractivity contribution < 1.29 is 23.7 Å². The van der Waals surface area contributed by atoms with Gasteiger partial charge in [-0.15, -0.1) is 0 Å². The van der Waals surface area contributed by atoms with Gasteiger partial charge in [0.05, 0.1) is 21.3 Å². The summed E-state index contributed by atoms with van der Waals surface area (Å²) < 4.78 is 20.8. The fourth-order valence-electron chi connectivity index (χ4n) is 2.08. The van der Waals surface area contributed by atoms with E-state index in [0.717, 1.165) is 11.1 Å². The van der Waals surface area contributed by atoms with E-state index >= 15 is 0 Å². The summed E-state index contributed by atoms with van der Waals surface area (Å²) in [6.07, 6.45) is 0. The highest BCUT2D eigenvalue weighted by Gasteiger charge is 2.33. The van der Waals surface area contributed by atoms with E-state index < -0.39 is 0 Å². The first kappa shape index (κ1) is 11.6. The van der Waals surface area contributed by atoms with E-state index in [0.29, 0.717) is 22.8 Å². The van der Waals surface area contributed by atoms with Crippen molar-refractivity contribution in [2.45, 2.75) is 13.5 Å². The average molecular weight is 238 g/mol. The van der Waals surface area contributed by atoms with Gasteiger partial charge in [0.2, 0.25) is 5.75 Å². The molecule has 0 saturated carbocycles. The van der Waals surface area contributed by atoms with Crippen molar-refractivity contribution in [2.75, 3.05) is 21.3 Å². The molecule has 1 aromatic rings. The summed E-state index contributed by atoms with van der Waals surface area (Å²) in [5, 5.41) is 0. The largest absolute Gasteiger partial charge is 0.492 e. The van der Waals surface area contributed by atoms with E-state index in [2.05, 4.69) is 0 Å². The molecule has 0 amide bonds. The molecule has 0 fully saturated rings. The molecule has 0 bridgehead atoms. The number of ether oxygens (including phenoxy) is 4. The Bertz CT molecular complexity index is 479. The molecule has 1 aliphatic heterocycles. The Morgan fingerprint density at radius 1 is 1.00 bits per heavy atom. The van der Waals surface area contributed by atoms with Crippen LogP contribution in [0.1, 0.15) is 21.5 Å². The number of methoxy groups -OCH3 is 3. The molecule has 2 rings (SSSR count). The predicted molar refractivity (Wildman–Crippen MR) is 60.0 cm³/mol. The van der Waals surface area contributed by atoms with Gasteiger partial charge in [-0.2, -0.15) is 0 Å². The summed E-state index contributed by atoms with van der Waals surface area (Å²) >= 11 is 0. The zero-order valence-electron chi connectivity index (χ0n) is 10.2. The molecule has 5 heteroatoms.